The third-order valence-corrected chi connectivity index (χ3v) is 3.08. The van der Waals surface area contributed by atoms with Crippen LogP contribution < -0.4 is 5.32 Å². The number of nitrogens with zero attached hydrogens (tertiary/aromatic N) is 2. The Kier molecular flexibility index (Phi) is 4.93. The SMILES string of the molecule is CC(C)CC(=O)NCc1ccccc1Cn1cccn1. The monoisotopic (exact) mass is 271 g/mol. The number of rotatable bonds is 6. The van der Waals surface area contributed by atoms with E-state index in [-0.39, 0.29) is 5.91 Å². The Morgan fingerprint density at radius 1 is 1.25 bits per heavy atom. The van der Waals surface area contributed by atoms with Crippen LogP contribution >= 0.6 is 0 Å². The van der Waals surface area contributed by atoms with Crippen LogP contribution in [0.1, 0.15) is 31.4 Å². The quantitative estimate of drug-likeness (QED) is 0.878. The predicted octanol–water partition coefficient (Wildman–Crippen LogP) is 2.59. The van der Waals surface area contributed by atoms with Gasteiger partial charge in [0.15, 0.2) is 0 Å². The predicted molar refractivity (Wildman–Crippen MR) is 79.1 cm³/mol. The number of benzene rings is 1. The van der Waals surface area contributed by atoms with Gasteiger partial charge in [-0.25, -0.2) is 0 Å². The van der Waals surface area contributed by atoms with Crippen molar-refractivity contribution < 1.29 is 4.79 Å². The molecular weight excluding hydrogens is 250 g/mol. The Bertz CT molecular complexity index is 547. The molecule has 0 bridgehead atoms. The van der Waals surface area contributed by atoms with Gasteiger partial charge in [0.1, 0.15) is 0 Å². The van der Waals surface area contributed by atoms with Crippen molar-refractivity contribution >= 4 is 5.91 Å². The number of nitrogens with one attached hydrogen (secondary N) is 1. The largest absolute Gasteiger partial charge is 0.352 e. The molecule has 2 rings (SSSR count). The molecule has 20 heavy (non-hydrogen) atoms. The zero-order valence-corrected chi connectivity index (χ0v) is 12.0. The van der Waals surface area contributed by atoms with Gasteiger partial charge in [0.25, 0.3) is 0 Å². The zero-order valence-electron chi connectivity index (χ0n) is 12.0. The first-order valence-electron chi connectivity index (χ1n) is 6.96. The number of hydrogen-bond donors (Lipinski definition) is 1. The molecule has 0 unspecified atom stereocenters. The van der Waals surface area contributed by atoms with Gasteiger partial charge in [0.05, 0.1) is 6.54 Å². The van der Waals surface area contributed by atoms with Crippen molar-refractivity contribution in [2.24, 2.45) is 5.92 Å². The van der Waals surface area contributed by atoms with Gasteiger partial charge < -0.3 is 5.32 Å². The van der Waals surface area contributed by atoms with Gasteiger partial charge in [-0.3, -0.25) is 9.48 Å². The van der Waals surface area contributed by atoms with E-state index in [2.05, 4.69) is 22.5 Å². The van der Waals surface area contributed by atoms with Gasteiger partial charge in [0.2, 0.25) is 5.91 Å². The lowest BCUT2D eigenvalue weighted by molar-refractivity contribution is -0.121. The second kappa shape index (κ2) is 6.89. The molecule has 1 aromatic heterocycles. The van der Waals surface area contributed by atoms with E-state index >= 15 is 0 Å². The zero-order chi connectivity index (χ0) is 14.4. The lowest BCUT2D eigenvalue weighted by Gasteiger charge is -2.11. The second-order valence-electron chi connectivity index (χ2n) is 5.35. The summed E-state index contributed by atoms with van der Waals surface area (Å²) in [4.78, 5) is 11.7. The van der Waals surface area contributed by atoms with Gasteiger partial charge in [-0.05, 0) is 23.1 Å². The maximum atomic E-state index is 11.7. The summed E-state index contributed by atoms with van der Waals surface area (Å²) < 4.78 is 1.88. The topological polar surface area (TPSA) is 46.9 Å². The molecule has 0 atom stereocenters. The minimum atomic E-state index is 0.105. The van der Waals surface area contributed by atoms with Gasteiger partial charge in [-0.1, -0.05) is 38.1 Å². The first-order chi connectivity index (χ1) is 9.65. The highest BCUT2D eigenvalue weighted by Gasteiger charge is 2.07. The van der Waals surface area contributed by atoms with Gasteiger partial charge in [-0.15, -0.1) is 0 Å². The molecule has 0 aliphatic carbocycles. The molecule has 1 heterocycles. The summed E-state index contributed by atoms with van der Waals surface area (Å²) in [7, 11) is 0. The second-order valence-corrected chi connectivity index (χ2v) is 5.35. The first kappa shape index (κ1) is 14.3. The first-order valence-corrected chi connectivity index (χ1v) is 6.96. The maximum absolute atomic E-state index is 11.7. The summed E-state index contributed by atoms with van der Waals surface area (Å²) in [6.45, 7) is 5.39. The van der Waals surface area contributed by atoms with Crippen molar-refractivity contribution in [3.05, 3.63) is 53.9 Å². The lowest BCUT2D eigenvalue weighted by Crippen LogP contribution is -2.24. The molecular formula is C16H21N3O. The van der Waals surface area contributed by atoms with E-state index in [1.807, 2.05) is 42.9 Å². The van der Waals surface area contributed by atoms with E-state index in [0.29, 0.717) is 18.9 Å². The highest BCUT2D eigenvalue weighted by molar-refractivity contribution is 5.76. The molecule has 0 saturated heterocycles. The fourth-order valence-electron chi connectivity index (χ4n) is 2.09. The molecule has 0 aliphatic heterocycles. The molecule has 0 radical (unpaired) electrons. The smallest absolute Gasteiger partial charge is 0.220 e. The van der Waals surface area contributed by atoms with Crippen LogP contribution in [-0.4, -0.2) is 15.7 Å². The minimum absolute atomic E-state index is 0.105. The van der Waals surface area contributed by atoms with Gasteiger partial charge >= 0.3 is 0 Å². The number of hydrogen-bond acceptors (Lipinski definition) is 2. The van der Waals surface area contributed by atoms with Gasteiger partial charge in [-0.2, -0.15) is 5.10 Å². The summed E-state index contributed by atoms with van der Waals surface area (Å²) >= 11 is 0. The van der Waals surface area contributed by atoms with E-state index < -0.39 is 0 Å². The number of carbonyl (C=O) groups excluding carboxylic acids is 1. The molecule has 0 aliphatic rings. The van der Waals surface area contributed by atoms with Crippen molar-refractivity contribution in [2.75, 3.05) is 0 Å². The van der Waals surface area contributed by atoms with Crippen LogP contribution in [0.15, 0.2) is 42.7 Å². The molecule has 0 fully saturated rings. The third-order valence-electron chi connectivity index (χ3n) is 3.08. The molecule has 2 aromatic rings. The fourth-order valence-corrected chi connectivity index (χ4v) is 2.09. The molecule has 1 aromatic carbocycles. The molecule has 1 N–H and O–H groups in total. The summed E-state index contributed by atoms with van der Waals surface area (Å²) in [6.07, 6.45) is 4.28. The molecule has 1 amide bonds. The van der Waals surface area contributed by atoms with Crippen molar-refractivity contribution in [1.29, 1.82) is 0 Å². The van der Waals surface area contributed by atoms with E-state index in [1.54, 1.807) is 6.20 Å². The Balaban J connectivity index is 1.99. The number of aromatic nitrogens is 2. The molecule has 4 heteroatoms. The fraction of sp³-hybridized carbons (Fsp3) is 0.375. The van der Waals surface area contributed by atoms with Crippen molar-refractivity contribution in [3.8, 4) is 0 Å². The Hall–Kier alpha value is -2.10. The van der Waals surface area contributed by atoms with Crippen LogP contribution in [-0.2, 0) is 17.9 Å². The average Bonchev–Trinajstić information content (AvgIpc) is 2.90. The standard InChI is InChI=1S/C16H21N3O/c1-13(2)10-16(20)17-11-14-6-3-4-7-15(14)12-19-9-5-8-18-19/h3-9,13H,10-12H2,1-2H3,(H,17,20). The Morgan fingerprint density at radius 3 is 2.65 bits per heavy atom. The van der Waals surface area contributed by atoms with Crippen molar-refractivity contribution in [1.82, 2.24) is 15.1 Å². The Morgan fingerprint density at radius 2 is 2.00 bits per heavy atom. The van der Waals surface area contributed by atoms with Crippen molar-refractivity contribution in [2.45, 2.75) is 33.4 Å². The van der Waals surface area contributed by atoms with Crippen LogP contribution in [0.5, 0.6) is 0 Å². The molecule has 0 saturated carbocycles. The minimum Gasteiger partial charge on any atom is -0.352 e. The summed E-state index contributed by atoms with van der Waals surface area (Å²) in [5.41, 5.74) is 2.32. The van der Waals surface area contributed by atoms with Crippen LogP contribution in [0.25, 0.3) is 0 Å². The van der Waals surface area contributed by atoms with Crippen LogP contribution in [0.4, 0.5) is 0 Å². The van der Waals surface area contributed by atoms with Gasteiger partial charge in [0, 0.05) is 25.4 Å². The average molecular weight is 271 g/mol. The van der Waals surface area contributed by atoms with Crippen LogP contribution in [0.2, 0.25) is 0 Å². The molecule has 4 nitrogen and oxygen atoms in total. The Labute approximate surface area is 119 Å². The summed E-state index contributed by atoms with van der Waals surface area (Å²) in [5, 5.41) is 7.20. The molecule has 106 valence electrons. The number of amides is 1. The maximum Gasteiger partial charge on any atom is 0.220 e. The summed E-state index contributed by atoms with van der Waals surface area (Å²) in [6, 6.07) is 10.0. The number of carbonyl (C=O) groups is 1. The van der Waals surface area contributed by atoms with Crippen molar-refractivity contribution in [3.63, 3.8) is 0 Å². The normalized spacial score (nSPS) is 10.8. The third kappa shape index (κ3) is 4.23. The van der Waals surface area contributed by atoms with E-state index in [4.69, 9.17) is 0 Å². The lowest BCUT2D eigenvalue weighted by atomic mass is 10.1. The molecule has 0 spiro atoms. The van der Waals surface area contributed by atoms with E-state index in [1.165, 1.54) is 5.56 Å². The van der Waals surface area contributed by atoms with E-state index in [0.717, 1.165) is 12.1 Å². The van der Waals surface area contributed by atoms with E-state index in [9.17, 15) is 4.79 Å². The van der Waals surface area contributed by atoms with Crippen LogP contribution in [0, 0.1) is 5.92 Å². The summed E-state index contributed by atoms with van der Waals surface area (Å²) in [5.74, 6) is 0.489. The van der Waals surface area contributed by atoms with Crippen LogP contribution in [0.3, 0.4) is 0 Å². The highest BCUT2D eigenvalue weighted by atomic mass is 16.1. The highest BCUT2D eigenvalue weighted by Crippen LogP contribution is 2.10.